The standard InChI is InChI=1S/C15H33N4.2ClH.Ti/c1-15-7-11-17-9-4-8-16-10-5-12-18(2)13-6-14-19(15)3;;;/h16-17H,4-14H2,1-3H3;2*1H;/q;;;+2/p-2. The van der Waals surface area contributed by atoms with E-state index < -0.39 is 0 Å². The predicted molar refractivity (Wildman–Crippen MR) is 82.7 cm³/mol. The van der Waals surface area contributed by atoms with Crippen LogP contribution in [0.2, 0.25) is 0 Å². The summed E-state index contributed by atoms with van der Waals surface area (Å²) in [5, 5.41) is 7.11. The molecule has 0 aromatic heterocycles. The minimum Gasteiger partial charge on any atom is -1.00 e. The average molecular weight is 388 g/mol. The van der Waals surface area contributed by atoms with Gasteiger partial charge in [-0.05, 0) is 0 Å². The van der Waals surface area contributed by atoms with Gasteiger partial charge in [0.25, 0.3) is 0 Å². The zero-order valence-corrected chi connectivity index (χ0v) is 17.5. The molecule has 1 fully saturated rings. The minimum absolute atomic E-state index is 0. The van der Waals surface area contributed by atoms with Gasteiger partial charge in [-0.1, -0.05) is 0 Å². The molecule has 0 aromatic rings. The van der Waals surface area contributed by atoms with E-state index in [-0.39, 0.29) is 24.8 Å². The van der Waals surface area contributed by atoms with E-state index in [4.69, 9.17) is 0 Å². The van der Waals surface area contributed by atoms with Crippen molar-refractivity contribution in [1.29, 1.82) is 0 Å². The molecule has 131 valence electrons. The van der Waals surface area contributed by atoms with E-state index in [0.29, 0.717) is 3.84 Å². The van der Waals surface area contributed by atoms with Crippen molar-refractivity contribution in [2.75, 3.05) is 59.9 Å². The number of rotatable bonds is 0. The number of halogens is 2. The molecule has 0 amide bonds. The number of hydrogen-bond donors (Lipinski definition) is 2. The maximum atomic E-state index is 3.58. The van der Waals surface area contributed by atoms with Gasteiger partial charge in [-0.25, -0.2) is 0 Å². The summed E-state index contributed by atoms with van der Waals surface area (Å²) in [6.45, 7) is 10.5. The van der Waals surface area contributed by atoms with Crippen LogP contribution in [-0.4, -0.2) is 73.6 Å². The molecule has 0 aliphatic carbocycles. The van der Waals surface area contributed by atoms with Crippen molar-refractivity contribution in [2.24, 2.45) is 0 Å². The fourth-order valence-corrected chi connectivity index (χ4v) is 2.89. The third kappa shape index (κ3) is 11.6. The van der Waals surface area contributed by atoms with Crippen molar-refractivity contribution in [1.82, 2.24) is 20.4 Å². The normalized spacial score (nSPS) is 28.4. The summed E-state index contributed by atoms with van der Waals surface area (Å²) in [5.41, 5.74) is 0. The van der Waals surface area contributed by atoms with E-state index >= 15 is 0 Å². The summed E-state index contributed by atoms with van der Waals surface area (Å²) in [6.07, 6.45) is 4.96. The van der Waals surface area contributed by atoms with Gasteiger partial charge < -0.3 is 24.8 Å². The van der Waals surface area contributed by atoms with Crippen LogP contribution >= 0.6 is 0 Å². The van der Waals surface area contributed by atoms with Crippen LogP contribution in [0.3, 0.4) is 0 Å². The molecule has 1 atom stereocenters. The summed E-state index contributed by atoms with van der Waals surface area (Å²) in [5.74, 6) is 0. The van der Waals surface area contributed by atoms with Gasteiger partial charge in [-0.2, -0.15) is 0 Å². The molecule has 0 radical (unpaired) electrons. The monoisotopic (exact) mass is 387 g/mol. The van der Waals surface area contributed by atoms with Gasteiger partial charge in [0, 0.05) is 0 Å². The van der Waals surface area contributed by atoms with Gasteiger partial charge in [0.1, 0.15) is 0 Å². The third-order valence-corrected chi connectivity index (χ3v) is 5.25. The Labute approximate surface area is 161 Å². The van der Waals surface area contributed by atoms with Gasteiger partial charge in [0.2, 0.25) is 0 Å². The van der Waals surface area contributed by atoms with E-state index in [1.807, 2.05) is 0 Å². The Morgan fingerprint density at radius 1 is 0.818 bits per heavy atom. The van der Waals surface area contributed by atoms with E-state index in [1.165, 1.54) is 45.3 Å². The van der Waals surface area contributed by atoms with Crippen LogP contribution in [0.15, 0.2) is 0 Å². The van der Waals surface area contributed by atoms with E-state index in [0.717, 1.165) is 26.2 Å². The van der Waals surface area contributed by atoms with Gasteiger partial charge in [-0.3, -0.25) is 0 Å². The molecule has 2 N–H and O–H groups in total. The largest absolute Gasteiger partial charge is 1.00 e. The first-order valence-corrected chi connectivity index (χ1v) is 8.87. The van der Waals surface area contributed by atoms with Crippen LogP contribution in [0, 0.1) is 0 Å². The van der Waals surface area contributed by atoms with Gasteiger partial charge in [0.05, 0.1) is 0 Å². The van der Waals surface area contributed by atoms with E-state index in [9.17, 15) is 0 Å². The Morgan fingerprint density at radius 2 is 1.36 bits per heavy atom. The van der Waals surface area contributed by atoms with Crippen molar-refractivity contribution in [3.63, 3.8) is 0 Å². The zero-order chi connectivity index (χ0) is 14.8. The first kappa shape index (κ1) is 25.4. The summed E-state index contributed by atoms with van der Waals surface area (Å²) in [7, 11) is 4.52. The van der Waals surface area contributed by atoms with Crippen LogP contribution in [-0.2, 0) is 20.4 Å². The summed E-state index contributed by atoms with van der Waals surface area (Å²) in [4.78, 5) is 4.99. The molecule has 4 nitrogen and oxygen atoms in total. The second-order valence-corrected chi connectivity index (χ2v) is 7.99. The molecule has 1 aliphatic rings. The molecule has 0 saturated carbocycles. The molecule has 1 unspecified atom stereocenters. The number of nitrogens with zero attached hydrogens (tertiary/aromatic N) is 2. The van der Waals surface area contributed by atoms with Crippen molar-refractivity contribution < 1.29 is 45.2 Å². The third-order valence-electron chi connectivity index (χ3n) is 4.26. The van der Waals surface area contributed by atoms with E-state index in [1.54, 1.807) is 0 Å². The second-order valence-electron chi connectivity index (χ2n) is 6.31. The first-order chi connectivity index (χ1) is 9.52. The van der Waals surface area contributed by atoms with Crippen LogP contribution in [0.25, 0.3) is 0 Å². The average Bonchev–Trinajstić information content (AvgIpc) is 2.39. The molecular formula is C15H33Cl2N4Ti. The molecule has 7 heteroatoms. The molecule has 1 aliphatic heterocycles. The molecule has 0 bridgehead atoms. The van der Waals surface area contributed by atoms with Gasteiger partial charge >= 0.3 is 137 Å². The smallest absolute Gasteiger partial charge is 1.00 e. The molecule has 0 aromatic carbocycles. The van der Waals surface area contributed by atoms with Gasteiger partial charge in [0.15, 0.2) is 0 Å². The molecule has 22 heavy (non-hydrogen) atoms. The Hall–Kier alpha value is 1.13. The van der Waals surface area contributed by atoms with Crippen molar-refractivity contribution in [2.45, 2.75) is 36.5 Å². The Kier molecular flexibility index (Phi) is 16.7. The summed E-state index contributed by atoms with van der Waals surface area (Å²) < 4.78 is 0.293. The van der Waals surface area contributed by atoms with Crippen LogP contribution in [0.5, 0.6) is 0 Å². The fourth-order valence-electron chi connectivity index (χ4n) is 2.52. The maximum Gasteiger partial charge on any atom is -1.00 e. The molecule has 1 saturated heterocycles. The number of nitrogens with one attached hydrogen (secondary N) is 2. The maximum absolute atomic E-state index is 3.58. The second kappa shape index (κ2) is 14.5. The van der Waals surface area contributed by atoms with Crippen molar-refractivity contribution in [3.05, 3.63) is 0 Å². The quantitative estimate of drug-likeness (QED) is 0.407. The Bertz CT molecular complexity index is 258. The minimum atomic E-state index is 0. The predicted octanol–water partition coefficient (Wildman–Crippen LogP) is -5.13. The number of hydrogen-bond acceptors (Lipinski definition) is 4. The van der Waals surface area contributed by atoms with Crippen LogP contribution < -0.4 is 35.4 Å². The van der Waals surface area contributed by atoms with Crippen LogP contribution in [0.4, 0.5) is 0 Å². The SMILES string of the molecule is CN1CCCNCCCNCC[C](C)([Ti+2])N(C)CCC1.[Cl-].[Cl-]. The first-order valence-electron chi connectivity index (χ1n) is 8.08. The molecule has 0 spiro atoms. The van der Waals surface area contributed by atoms with E-state index in [2.05, 4.69) is 61.9 Å². The van der Waals surface area contributed by atoms with Crippen LogP contribution in [0.1, 0.15) is 32.6 Å². The Morgan fingerprint density at radius 3 is 2.05 bits per heavy atom. The fraction of sp³-hybridized carbons (Fsp3) is 1.00. The molecular weight excluding hydrogens is 355 g/mol. The van der Waals surface area contributed by atoms with Gasteiger partial charge in [-0.15, -0.1) is 0 Å². The topological polar surface area (TPSA) is 30.5 Å². The molecule has 1 rings (SSSR count). The van der Waals surface area contributed by atoms with Crippen molar-refractivity contribution in [3.8, 4) is 0 Å². The van der Waals surface area contributed by atoms with Crippen molar-refractivity contribution >= 4 is 0 Å². The molecule has 1 heterocycles. The summed E-state index contributed by atoms with van der Waals surface area (Å²) >= 11 is 2.36. The summed E-state index contributed by atoms with van der Waals surface area (Å²) in [6, 6.07) is 0. The Balaban J connectivity index is 0. The zero-order valence-electron chi connectivity index (χ0n) is 14.4.